The highest BCUT2D eigenvalue weighted by molar-refractivity contribution is 6.17. The predicted octanol–water partition coefficient (Wildman–Crippen LogP) is 3.08. The Hall–Kier alpha value is -1.55. The molecule has 0 unspecified atom stereocenters. The monoisotopic (exact) mass is 278 g/mol. The third kappa shape index (κ3) is 3.96. The van der Waals surface area contributed by atoms with Gasteiger partial charge >= 0.3 is 0 Å². The zero-order chi connectivity index (χ0) is 13.5. The average molecular weight is 279 g/mol. The summed E-state index contributed by atoms with van der Waals surface area (Å²) in [5, 5.41) is 7.54. The third-order valence-corrected chi connectivity index (χ3v) is 3.24. The molecule has 0 bridgehead atoms. The molecule has 0 saturated heterocycles. The maximum atomic E-state index is 5.72. The Morgan fingerprint density at radius 1 is 1.37 bits per heavy atom. The topological polar surface area (TPSA) is 42.7 Å². The fraction of sp³-hybridized carbons (Fsp3) is 0.429. The first-order valence-electron chi connectivity index (χ1n) is 6.59. The molecule has 102 valence electrons. The van der Waals surface area contributed by atoms with Crippen molar-refractivity contribution in [2.75, 3.05) is 11.2 Å². The van der Waals surface area contributed by atoms with Crippen molar-refractivity contribution in [1.29, 1.82) is 0 Å². The molecular formula is C14H19ClN4. The molecule has 2 aromatic rings. The number of rotatable bonds is 7. The van der Waals surface area contributed by atoms with Crippen LogP contribution in [0.15, 0.2) is 30.6 Å². The van der Waals surface area contributed by atoms with Crippen molar-refractivity contribution in [2.45, 2.75) is 32.9 Å². The number of nitrogens with one attached hydrogen (secondary N) is 1. The van der Waals surface area contributed by atoms with E-state index < -0.39 is 0 Å². The number of hydrogen-bond acceptors (Lipinski definition) is 3. The Morgan fingerprint density at radius 2 is 2.26 bits per heavy atom. The first-order chi connectivity index (χ1) is 9.33. The van der Waals surface area contributed by atoms with Gasteiger partial charge in [-0.1, -0.05) is 12.1 Å². The van der Waals surface area contributed by atoms with Crippen LogP contribution in [0.4, 0.5) is 5.69 Å². The van der Waals surface area contributed by atoms with Crippen LogP contribution in [0.3, 0.4) is 0 Å². The summed E-state index contributed by atoms with van der Waals surface area (Å²) in [7, 11) is 0. The van der Waals surface area contributed by atoms with Gasteiger partial charge in [-0.05, 0) is 37.5 Å². The Labute approximate surface area is 118 Å². The average Bonchev–Trinajstić information content (AvgIpc) is 2.91. The van der Waals surface area contributed by atoms with Gasteiger partial charge in [0.15, 0.2) is 0 Å². The number of aromatic nitrogens is 3. The first kappa shape index (κ1) is 13.9. The molecule has 4 nitrogen and oxygen atoms in total. The summed E-state index contributed by atoms with van der Waals surface area (Å²) in [4.78, 5) is 4.25. The zero-order valence-electron chi connectivity index (χ0n) is 11.1. The fourth-order valence-corrected chi connectivity index (χ4v) is 2.11. The summed E-state index contributed by atoms with van der Waals surface area (Å²) < 4.78 is 1.89. The molecule has 19 heavy (non-hydrogen) atoms. The lowest BCUT2D eigenvalue weighted by molar-refractivity contribution is 0.622. The number of halogens is 1. The van der Waals surface area contributed by atoms with Gasteiger partial charge in [0.1, 0.15) is 12.2 Å². The van der Waals surface area contributed by atoms with Crippen molar-refractivity contribution >= 4 is 17.3 Å². The van der Waals surface area contributed by atoms with Gasteiger partial charge in [-0.2, -0.15) is 5.10 Å². The molecule has 0 aliphatic heterocycles. The van der Waals surface area contributed by atoms with Crippen molar-refractivity contribution in [3.05, 3.63) is 42.0 Å². The molecule has 0 spiro atoms. The largest absolute Gasteiger partial charge is 0.378 e. The van der Waals surface area contributed by atoms with Crippen LogP contribution in [0, 0.1) is 0 Å². The molecule has 1 aromatic carbocycles. The first-order valence-corrected chi connectivity index (χ1v) is 7.12. The van der Waals surface area contributed by atoms with Gasteiger partial charge in [0.05, 0.1) is 6.54 Å². The van der Waals surface area contributed by atoms with Crippen LogP contribution in [0.5, 0.6) is 0 Å². The fourth-order valence-electron chi connectivity index (χ4n) is 1.98. The van der Waals surface area contributed by atoms with Crippen LogP contribution >= 0.6 is 11.6 Å². The van der Waals surface area contributed by atoms with Gasteiger partial charge in [0, 0.05) is 18.1 Å². The van der Waals surface area contributed by atoms with E-state index in [4.69, 9.17) is 11.6 Å². The quantitative estimate of drug-likeness (QED) is 0.792. The van der Waals surface area contributed by atoms with Crippen LogP contribution in [-0.2, 0) is 19.5 Å². The third-order valence-electron chi connectivity index (χ3n) is 2.97. The van der Waals surface area contributed by atoms with Crippen LogP contribution in [-0.4, -0.2) is 20.6 Å². The van der Waals surface area contributed by atoms with E-state index in [1.807, 2.05) is 4.68 Å². The number of aryl methyl sites for hydroxylation is 2. The predicted molar refractivity (Wildman–Crippen MR) is 78.5 cm³/mol. The Kier molecular flexibility index (Phi) is 5.21. The van der Waals surface area contributed by atoms with E-state index in [9.17, 15) is 0 Å². The van der Waals surface area contributed by atoms with Gasteiger partial charge in [-0.3, -0.25) is 0 Å². The molecule has 0 aliphatic rings. The number of benzene rings is 1. The summed E-state index contributed by atoms with van der Waals surface area (Å²) in [6.07, 6.45) is 3.62. The van der Waals surface area contributed by atoms with Gasteiger partial charge in [-0.15, -0.1) is 11.6 Å². The number of hydrogen-bond donors (Lipinski definition) is 1. The highest BCUT2D eigenvalue weighted by Crippen LogP contribution is 2.13. The SMILES string of the molecule is CCn1ncnc1CNc1cccc(CCCCl)c1. The van der Waals surface area contributed by atoms with E-state index in [-0.39, 0.29) is 0 Å². The molecule has 1 heterocycles. The lowest BCUT2D eigenvalue weighted by Crippen LogP contribution is -2.09. The van der Waals surface area contributed by atoms with Crippen molar-refractivity contribution < 1.29 is 0 Å². The highest BCUT2D eigenvalue weighted by atomic mass is 35.5. The number of nitrogens with zero attached hydrogens (tertiary/aromatic N) is 3. The van der Waals surface area contributed by atoms with E-state index in [1.165, 1.54) is 5.56 Å². The maximum absolute atomic E-state index is 5.72. The number of alkyl halides is 1. The molecule has 0 fully saturated rings. The number of anilines is 1. The second-order valence-corrected chi connectivity index (χ2v) is 4.72. The lowest BCUT2D eigenvalue weighted by Gasteiger charge is -2.08. The maximum Gasteiger partial charge on any atom is 0.146 e. The van der Waals surface area contributed by atoms with Gasteiger partial charge < -0.3 is 5.32 Å². The van der Waals surface area contributed by atoms with Crippen LogP contribution in [0.2, 0.25) is 0 Å². The summed E-state index contributed by atoms with van der Waals surface area (Å²) in [5.41, 5.74) is 2.42. The molecule has 1 N–H and O–H groups in total. The minimum absolute atomic E-state index is 0.687. The smallest absolute Gasteiger partial charge is 0.146 e. The molecule has 2 rings (SSSR count). The normalized spacial score (nSPS) is 10.6. The Bertz CT molecular complexity index is 510. The van der Waals surface area contributed by atoms with E-state index in [1.54, 1.807) is 6.33 Å². The van der Waals surface area contributed by atoms with Crippen molar-refractivity contribution in [1.82, 2.24) is 14.8 Å². The van der Waals surface area contributed by atoms with E-state index >= 15 is 0 Å². The molecule has 1 aromatic heterocycles. The molecule has 0 aliphatic carbocycles. The zero-order valence-corrected chi connectivity index (χ0v) is 11.9. The van der Waals surface area contributed by atoms with Gasteiger partial charge in [0.2, 0.25) is 0 Å². The van der Waals surface area contributed by atoms with Crippen molar-refractivity contribution in [3.63, 3.8) is 0 Å². The van der Waals surface area contributed by atoms with Gasteiger partial charge in [0.25, 0.3) is 0 Å². The molecule has 0 amide bonds. The summed E-state index contributed by atoms with van der Waals surface area (Å²) >= 11 is 5.72. The molecule has 0 atom stereocenters. The van der Waals surface area contributed by atoms with Crippen LogP contribution < -0.4 is 5.32 Å². The van der Waals surface area contributed by atoms with Crippen molar-refractivity contribution in [3.8, 4) is 0 Å². The van der Waals surface area contributed by atoms with E-state index in [2.05, 4.69) is 46.6 Å². The minimum Gasteiger partial charge on any atom is -0.378 e. The minimum atomic E-state index is 0.687. The Balaban J connectivity index is 1.95. The van der Waals surface area contributed by atoms with Crippen LogP contribution in [0.1, 0.15) is 24.7 Å². The summed E-state index contributed by atoms with van der Waals surface area (Å²) in [5.74, 6) is 1.66. The second-order valence-electron chi connectivity index (χ2n) is 4.34. The van der Waals surface area contributed by atoms with E-state index in [0.717, 1.165) is 30.9 Å². The molecule has 0 radical (unpaired) electrons. The molecule has 5 heteroatoms. The second kappa shape index (κ2) is 7.14. The Morgan fingerprint density at radius 3 is 3.05 bits per heavy atom. The summed E-state index contributed by atoms with van der Waals surface area (Å²) in [6, 6.07) is 8.43. The highest BCUT2D eigenvalue weighted by Gasteiger charge is 2.02. The molecular weight excluding hydrogens is 260 g/mol. The van der Waals surface area contributed by atoms with E-state index in [0.29, 0.717) is 12.4 Å². The summed E-state index contributed by atoms with van der Waals surface area (Å²) in [6.45, 7) is 3.59. The van der Waals surface area contributed by atoms with Crippen molar-refractivity contribution in [2.24, 2.45) is 0 Å². The lowest BCUT2D eigenvalue weighted by atomic mass is 10.1. The molecule has 0 saturated carbocycles. The van der Waals surface area contributed by atoms with Crippen LogP contribution in [0.25, 0.3) is 0 Å². The van der Waals surface area contributed by atoms with Gasteiger partial charge in [-0.25, -0.2) is 9.67 Å². The standard InChI is InChI=1S/C14H19ClN4/c1-2-19-14(17-11-18-19)10-16-13-7-3-5-12(9-13)6-4-8-15/h3,5,7,9,11,16H,2,4,6,8,10H2,1H3.